The van der Waals surface area contributed by atoms with Gasteiger partial charge in [0.25, 0.3) is 0 Å². The molecule has 0 heterocycles. The van der Waals surface area contributed by atoms with Gasteiger partial charge in [-0.25, -0.2) is 0 Å². The molecule has 94 valence electrons. The maximum atomic E-state index is 11.8. The normalized spacial score (nSPS) is 17.7. The predicted octanol–water partition coefficient (Wildman–Crippen LogP) is 2.50. The highest BCUT2D eigenvalue weighted by Gasteiger charge is 2.36. The minimum atomic E-state index is -0.322. The topological polar surface area (TPSA) is 38.3 Å². The second kappa shape index (κ2) is 6.24. The van der Waals surface area contributed by atoms with Gasteiger partial charge >= 0.3 is 5.97 Å². The van der Waals surface area contributed by atoms with Crippen LogP contribution >= 0.6 is 0 Å². The molecule has 0 saturated heterocycles. The summed E-state index contributed by atoms with van der Waals surface area (Å²) in [6.07, 6.45) is 6.84. The lowest BCUT2D eigenvalue weighted by Gasteiger charge is -2.30. The molecular formula is C13H25NO2. The first-order valence-electron chi connectivity index (χ1n) is 6.50. The predicted molar refractivity (Wildman–Crippen MR) is 65.3 cm³/mol. The van der Waals surface area contributed by atoms with Crippen LogP contribution in [0.3, 0.4) is 0 Å². The second-order valence-electron chi connectivity index (χ2n) is 4.84. The van der Waals surface area contributed by atoms with Gasteiger partial charge in [-0.3, -0.25) is 4.79 Å². The molecule has 0 unspecified atom stereocenters. The van der Waals surface area contributed by atoms with Crippen molar-refractivity contribution in [2.45, 2.75) is 58.4 Å². The first-order chi connectivity index (χ1) is 7.68. The Balaban J connectivity index is 2.52. The average molecular weight is 227 g/mol. The van der Waals surface area contributed by atoms with Crippen molar-refractivity contribution in [1.29, 1.82) is 0 Å². The zero-order valence-electron chi connectivity index (χ0n) is 10.8. The molecule has 3 heteroatoms. The van der Waals surface area contributed by atoms with E-state index >= 15 is 0 Å². The number of carbonyl (C=O) groups excluding carboxylic acids is 1. The lowest BCUT2D eigenvalue weighted by atomic mass is 9.82. The molecule has 0 bridgehead atoms. The smallest absolute Gasteiger partial charge is 0.313 e. The molecule has 0 atom stereocenters. The number of nitrogens with one attached hydrogen (secondary N) is 1. The number of methoxy groups -OCH3 is 1. The zero-order valence-corrected chi connectivity index (χ0v) is 10.8. The third kappa shape index (κ3) is 2.97. The molecule has 0 aliphatic heterocycles. The maximum Gasteiger partial charge on any atom is 0.313 e. The molecule has 0 aromatic heterocycles. The van der Waals surface area contributed by atoms with E-state index in [1.807, 2.05) is 0 Å². The van der Waals surface area contributed by atoms with E-state index in [1.54, 1.807) is 0 Å². The summed E-state index contributed by atoms with van der Waals surface area (Å²) in [4.78, 5) is 11.8. The van der Waals surface area contributed by atoms with Crippen molar-refractivity contribution < 1.29 is 9.53 Å². The summed E-state index contributed by atoms with van der Waals surface area (Å²) in [5.74, 6) is -0.0667. The molecule has 0 aromatic carbocycles. The third-order valence-electron chi connectivity index (χ3n) is 4.06. The van der Waals surface area contributed by atoms with Crippen molar-refractivity contribution in [3.8, 4) is 0 Å². The average Bonchev–Trinajstić information content (AvgIpc) is 2.83. The van der Waals surface area contributed by atoms with Gasteiger partial charge in [0.2, 0.25) is 0 Å². The Labute approximate surface area is 98.9 Å². The monoisotopic (exact) mass is 227 g/mol. The Bertz CT molecular complexity index is 218. The molecule has 1 aliphatic carbocycles. The summed E-state index contributed by atoms with van der Waals surface area (Å²) in [7, 11) is 1.48. The summed E-state index contributed by atoms with van der Waals surface area (Å²) in [5, 5.41) is 3.54. The summed E-state index contributed by atoms with van der Waals surface area (Å²) in [6, 6.07) is 0.613. The Morgan fingerprint density at radius 1 is 1.31 bits per heavy atom. The quantitative estimate of drug-likeness (QED) is 0.709. The summed E-state index contributed by atoms with van der Waals surface area (Å²) in [6.45, 7) is 4.89. The molecule has 1 N–H and O–H groups in total. The molecule has 0 spiro atoms. The van der Waals surface area contributed by atoms with Crippen LogP contribution in [-0.4, -0.2) is 25.7 Å². The Hall–Kier alpha value is -0.570. The van der Waals surface area contributed by atoms with Gasteiger partial charge in [-0.2, -0.15) is 0 Å². The molecule has 16 heavy (non-hydrogen) atoms. The first-order valence-corrected chi connectivity index (χ1v) is 6.50. The highest BCUT2D eigenvalue weighted by Crippen LogP contribution is 2.28. The van der Waals surface area contributed by atoms with Crippen molar-refractivity contribution in [2.75, 3.05) is 13.7 Å². The molecule has 0 aromatic rings. The summed E-state index contributed by atoms with van der Waals surface area (Å²) >= 11 is 0. The summed E-state index contributed by atoms with van der Waals surface area (Å²) < 4.78 is 4.93. The van der Waals surface area contributed by atoms with E-state index in [0.717, 1.165) is 19.4 Å². The molecule has 1 rings (SSSR count). The molecule has 3 nitrogen and oxygen atoms in total. The Kier molecular flexibility index (Phi) is 5.26. The van der Waals surface area contributed by atoms with Gasteiger partial charge in [0.15, 0.2) is 0 Å². The van der Waals surface area contributed by atoms with Gasteiger partial charge in [0.05, 0.1) is 12.5 Å². The van der Waals surface area contributed by atoms with Crippen LogP contribution in [0.15, 0.2) is 0 Å². The van der Waals surface area contributed by atoms with Crippen LogP contribution in [-0.2, 0) is 9.53 Å². The van der Waals surface area contributed by atoms with Gasteiger partial charge in [-0.1, -0.05) is 26.7 Å². The maximum absolute atomic E-state index is 11.8. The number of ether oxygens (including phenoxy) is 1. The van der Waals surface area contributed by atoms with Crippen LogP contribution in [0, 0.1) is 5.41 Å². The number of rotatable bonds is 6. The van der Waals surface area contributed by atoms with Crippen molar-refractivity contribution >= 4 is 5.97 Å². The van der Waals surface area contributed by atoms with Crippen LogP contribution < -0.4 is 5.32 Å². The van der Waals surface area contributed by atoms with E-state index in [9.17, 15) is 4.79 Å². The highest BCUT2D eigenvalue weighted by molar-refractivity contribution is 5.76. The Morgan fingerprint density at radius 3 is 2.31 bits per heavy atom. The van der Waals surface area contributed by atoms with E-state index < -0.39 is 0 Å². The van der Waals surface area contributed by atoms with Crippen molar-refractivity contribution in [3.05, 3.63) is 0 Å². The molecule has 1 fully saturated rings. The Morgan fingerprint density at radius 2 is 1.88 bits per heavy atom. The minimum absolute atomic E-state index is 0.0667. The standard InChI is InChI=1S/C13H25NO2/c1-4-13(5-2,12(15)16-3)10-14-11-8-6-7-9-11/h11,14H,4-10H2,1-3H3. The lowest BCUT2D eigenvalue weighted by Crippen LogP contribution is -2.43. The van der Waals surface area contributed by atoms with Gasteiger partial charge in [0, 0.05) is 12.6 Å². The molecule has 1 aliphatic rings. The van der Waals surface area contributed by atoms with Crippen LogP contribution in [0.2, 0.25) is 0 Å². The van der Waals surface area contributed by atoms with E-state index in [2.05, 4.69) is 19.2 Å². The zero-order chi connectivity index (χ0) is 12.0. The molecular weight excluding hydrogens is 202 g/mol. The van der Waals surface area contributed by atoms with Crippen LogP contribution in [0.1, 0.15) is 52.4 Å². The van der Waals surface area contributed by atoms with E-state index in [1.165, 1.54) is 32.8 Å². The second-order valence-corrected chi connectivity index (χ2v) is 4.84. The van der Waals surface area contributed by atoms with Gasteiger partial charge in [-0.05, 0) is 25.7 Å². The van der Waals surface area contributed by atoms with E-state index in [4.69, 9.17) is 4.74 Å². The van der Waals surface area contributed by atoms with Gasteiger partial charge < -0.3 is 10.1 Å². The first kappa shape index (κ1) is 13.5. The number of hydrogen-bond donors (Lipinski definition) is 1. The van der Waals surface area contributed by atoms with Crippen molar-refractivity contribution in [2.24, 2.45) is 5.41 Å². The van der Waals surface area contributed by atoms with E-state index in [0.29, 0.717) is 6.04 Å². The third-order valence-corrected chi connectivity index (χ3v) is 4.06. The highest BCUT2D eigenvalue weighted by atomic mass is 16.5. The van der Waals surface area contributed by atoms with Crippen LogP contribution in [0.5, 0.6) is 0 Å². The number of esters is 1. The van der Waals surface area contributed by atoms with Gasteiger partial charge in [0.1, 0.15) is 0 Å². The fourth-order valence-electron chi connectivity index (χ4n) is 2.55. The van der Waals surface area contributed by atoms with Crippen LogP contribution in [0.4, 0.5) is 0 Å². The molecule has 0 radical (unpaired) electrons. The SMILES string of the molecule is CCC(CC)(CNC1CCCC1)C(=O)OC. The molecule has 1 saturated carbocycles. The largest absolute Gasteiger partial charge is 0.469 e. The van der Waals surface area contributed by atoms with Crippen LogP contribution in [0.25, 0.3) is 0 Å². The number of carbonyl (C=O) groups is 1. The molecule has 0 amide bonds. The lowest BCUT2D eigenvalue weighted by molar-refractivity contribution is -0.153. The summed E-state index contributed by atoms with van der Waals surface area (Å²) in [5.41, 5.74) is -0.322. The fraction of sp³-hybridized carbons (Fsp3) is 0.923. The van der Waals surface area contributed by atoms with Crippen molar-refractivity contribution in [3.63, 3.8) is 0 Å². The van der Waals surface area contributed by atoms with Gasteiger partial charge in [-0.15, -0.1) is 0 Å². The van der Waals surface area contributed by atoms with E-state index in [-0.39, 0.29) is 11.4 Å². The number of hydrogen-bond acceptors (Lipinski definition) is 3. The minimum Gasteiger partial charge on any atom is -0.469 e. The van der Waals surface area contributed by atoms with Crippen molar-refractivity contribution in [1.82, 2.24) is 5.32 Å². The fourth-order valence-corrected chi connectivity index (χ4v) is 2.55.